The molecule has 21 heavy (non-hydrogen) atoms. The number of anilines is 1. The third-order valence-corrected chi connectivity index (χ3v) is 7.01. The first-order valence-corrected chi connectivity index (χ1v) is 8.51. The van der Waals surface area contributed by atoms with Gasteiger partial charge in [0.15, 0.2) is 0 Å². The van der Waals surface area contributed by atoms with Gasteiger partial charge in [-0.3, -0.25) is 4.90 Å². The molecular weight excluding hydrogens is 256 g/mol. The molecule has 1 aliphatic carbocycles. The van der Waals surface area contributed by atoms with Crippen molar-refractivity contribution in [3.05, 3.63) is 41.5 Å². The van der Waals surface area contributed by atoms with E-state index in [0.29, 0.717) is 11.5 Å². The van der Waals surface area contributed by atoms with Crippen LogP contribution < -0.4 is 5.32 Å². The van der Waals surface area contributed by atoms with E-state index in [1.807, 2.05) is 0 Å². The van der Waals surface area contributed by atoms with Gasteiger partial charge in [0, 0.05) is 29.7 Å². The maximum absolute atomic E-state index is 3.92. The number of benzene rings is 1. The number of hydrogen-bond acceptors (Lipinski definition) is 2. The average Bonchev–Trinajstić information content (AvgIpc) is 3.07. The van der Waals surface area contributed by atoms with Crippen LogP contribution in [0.3, 0.4) is 0 Å². The summed E-state index contributed by atoms with van der Waals surface area (Å²) in [6.45, 7) is 7.21. The molecule has 2 bridgehead atoms. The molecule has 5 rings (SSSR count). The number of nitrogens with one attached hydrogen (secondary N) is 1. The highest BCUT2D eigenvalue weighted by Gasteiger charge is 2.64. The molecule has 1 spiro atoms. The Hall–Kier alpha value is -1.28. The Morgan fingerprint density at radius 2 is 2.19 bits per heavy atom. The highest BCUT2D eigenvalue weighted by Crippen LogP contribution is 2.60. The van der Waals surface area contributed by atoms with Gasteiger partial charge in [0.2, 0.25) is 0 Å². The van der Waals surface area contributed by atoms with Crippen LogP contribution in [0.5, 0.6) is 0 Å². The van der Waals surface area contributed by atoms with E-state index in [-0.39, 0.29) is 0 Å². The topological polar surface area (TPSA) is 15.3 Å². The third-order valence-electron chi connectivity index (χ3n) is 7.01. The van der Waals surface area contributed by atoms with Crippen molar-refractivity contribution in [3.8, 4) is 0 Å². The van der Waals surface area contributed by atoms with Gasteiger partial charge in [-0.05, 0) is 49.8 Å². The Balaban J connectivity index is 1.71. The predicted molar refractivity (Wildman–Crippen MR) is 86.5 cm³/mol. The number of para-hydroxylation sites is 1. The van der Waals surface area contributed by atoms with Crippen molar-refractivity contribution in [2.45, 2.75) is 44.2 Å². The van der Waals surface area contributed by atoms with Gasteiger partial charge in [-0.1, -0.05) is 36.8 Å². The highest BCUT2D eigenvalue weighted by molar-refractivity contribution is 5.64. The van der Waals surface area contributed by atoms with Crippen LogP contribution in [0, 0.1) is 11.8 Å². The molecule has 0 radical (unpaired) electrons. The van der Waals surface area contributed by atoms with Crippen LogP contribution >= 0.6 is 0 Å². The fraction of sp³-hybridized carbons (Fsp3) is 0.579. The van der Waals surface area contributed by atoms with Gasteiger partial charge in [-0.15, -0.1) is 0 Å². The molecule has 1 N–H and O–H groups in total. The summed E-state index contributed by atoms with van der Waals surface area (Å²) >= 11 is 0. The number of nitrogens with zero attached hydrogens (tertiary/aromatic N) is 1. The van der Waals surface area contributed by atoms with Gasteiger partial charge in [0.05, 0.1) is 0 Å². The van der Waals surface area contributed by atoms with Crippen molar-refractivity contribution in [2.75, 3.05) is 18.4 Å². The zero-order valence-corrected chi connectivity index (χ0v) is 13.0. The second-order valence-corrected chi connectivity index (χ2v) is 7.51. The van der Waals surface area contributed by atoms with Crippen LogP contribution in [0.25, 0.3) is 0 Å². The number of hydrogen-bond donors (Lipinski definition) is 1. The summed E-state index contributed by atoms with van der Waals surface area (Å²) in [5.74, 6) is 1.52. The highest BCUT2D eigenvalue weighted by atomic mass is 15.2. The molecule has 4 aliphatic rings. The lowest BCUT2D eigenvalue weighted by Gasteiger charge is -2.54. The molecule has 3 fully saturated rings. The predicted octanol–water partition coefficient (Wildman–Crippen LogP) is 3.41. The Bertz CT molecular complexity index is 634. The summed E-state index contributed by atoms with van der Waals surface area (Å²) in [5.41, 5.74) is 5.08. The molecular formula is C19H24N2. The van der Waals surface area contributed by atoms with Crippen molar-refractivity contribution in [2.24, 2.45) is 11.8 Å². The van der Waals surface area contributed by atoms with Gasteiger partial charge in [-0.2, -0.15) is 0 Å². The molecule has 5 atom stereocenters. The van der Waals surface area contributed by atoms with Gasteiger partial charge >= 0.3 is 0 Å². The minimum absolute atomic E-state index is 0.381. The van der Waals surface area contributed by atoms with Crippen molar-refractivity contribution >= 4 is 5.69 Å². The molecule has 3 aliphatic heterocycles. The Morgan fingerprint density at radius 1 is 1.33 bits per heavy atom. The third kappa shape index (κ3) is 1.29. The largest absolute Gasteiger partial charge is 0.381 e. The first-order valence-electron chi connectivity index (χ1n) is 8.51. The fourth-order valence-electron chi connectivity index (χ4n) is 6.12. The molecule has 0 unspecified atom stereocenters. The van der Waals surface area contributed by atoms with Gasteiger partial charge < -0.3 is 5.32 Å². The molecule has 2 saturated heterocycles. The summed E-state index contributed by atoms with van der Waals surface area (Å²) in [6.07, 6.45) is 5.10. The van der Waals surface area contributed by atoms with Crippen LogP contribution in [0.1, 0.15) is 32.3 Å². The lowest BCUT2D eigenvalue weighted by atomic mass is 9.56. The van der Waals surface area contributed by atoms with Crippen LogP contribution in [-0.2, 0) is 5.41 Å². The van der Waals surface area contributed by atoms with E-state index in [0.717, 1.165) is 17.9 Å². The lowest BCUT2D eigenvalue weighted by molar-refractivity contribution is 0.0642. The zero-order valence-electron chi connectivity index (χ0n) is 13.0. The van der Waals surface area contributed by atoms with Gasteiger partial charge in [-0.25, -0.2) is 0 Å². The van der Waals surface area contributed by atoms with Crippen molar-refractivity contribution in [1.82, 2.24) is 4.90 Å². The first-order chi connectivity index (χ1) is 10.3. The van der Waals surface area contributed by atoms with Gasteiger partial charge in [0.1, 0.15) is 0 Å². The van der Waals surface area contributed by atoms with Crippen LogP contribution in [0.4, 0.5) is 5.69 Å². The van der Waals surface area contributed by atoms with E-state index in [1.165, 1.54) is 31.6 Å². The SMILES string of the molecule is C/C=C1\CN2CC[C@]34c5ccccc5N[C@@H]3[C@@H](C)[C@H]1C[C@@H]24. The molecule has 1 aromatic rings. The molecule has 1 aromatic carbocycles. The first kappa shape index (κ1) is 12.3. The molecule has 0 amide bonds. The Morgan fingerprint density at radius 3 is 3.05 bits per heavy atom. The van der Waals surface area contributed by atoms with Crippen LogP contribution in [-0.4, -0.2) is 30.1 Å². The van der Waals surface area contributed by atoms with Crippen molar-refractivity contribution < 1.29 is 0 Å². The van der Waals surface area contributed by atoms with E-state index in [1.54, 1.807) is 11.1 Å². The second-order valence-electron chi connectivity index (χ2n) is 7.51. The summed E-state index contributed by atoms with van der Waals surface area (Å²) < 4.78 is 0. The summed E-state index contributed by atoms with van der Waals surface area (Å²) in [7, 11) is 0. The van der Waals surface area contributed by atoms with E-state index in [9.17, 15) is 0 Å². The molecule has 3 heterocycles. The molecule has 0 aromatic heterocycles. The van der Waals surface area contributed by atoms with E-state index in [2.05, 4.69) is 54.4 Å². The molecule has 2 nitrogen and oxygen atoms in total. The van der Waals surface area contributed by atoms with Crippen molar-refractivity contribution in [1.29, 1.82) is 0 Å². The van der Waals surface area contributed by atoms with Crippen LogP contribution in [0.2, 0.25) is 0 Å². The molecule has 110 valence electrons. The smallest absolute Gasteiger partial charge is 0.0405 e. The van der Waals surface area contributed by atoms with E-state index < -0.39 is 0 Å². The maximum Gasteiger partial charge on any atom is 0.0405 e. The molecule has 2 heteroatoms. The minimum Gasteiger partial charge on any atom is -0.381 e. The van der Waals surface area contributed by atoms with E-state index in [4.69, 9.17) is 0 Å². The lowest BCUT2D eigenvalue weighted by Crippen LogP contribution is -2.61. The minimum atomic E-state index is 0.381. The number of allylic oxidation sites excluding steroid dienone is 1. The van der Waals surface area contributed by atoms with Gasteiger partial charge in [0.25, 0.3) is 0 Å². The van der Waals surface area contributed by atoms with Crippen molar-refractivity contribution in [3.63, 3.8) is 0 Å². The summed E-state index contributed by atoms with van der Waals surface area (Å²) in [5, 5.41) is 3.92. The maximum atomic E-state index is 3.92. The normalized spacial score (nSPS) is 45.3. The Kier molecular flexibility index (Phi) is 2.29. The summed E-state index contributed by atoms with van der Waals surface area (Å²) in [6, 6.07) is 10.5. The monoisotopic (exact) mass is 280 g/mol. The average molecular weight is 280 g/mol. The zero-order chi connectivity index (χ0) is 14.2. The van der Waals surface area contributed by atoms with E-state index >= 15 is 0 Å². The Labute approximate surface area is 127 Å². The summed E-state index contributed by atoms with van der Waals surface area (Å²) in [4.78, 5) is 2.77. The number of fused-ring (bicyclic) bond motifs is 2. The number of rotatable bonds is 0. The quantitative estimate of drug-likeness (QED) is 0.733. The standard InChI is InChI=1S/C19H24N2/c1-3-13-11-21-9-8-19-15-6-4-5-7-16(15)20-18(19)12(2)14(13)10-17(19)21/h3-7,12,14,17-18,20H,8-11H2,1-2H3/b13-3+/t12-,14+,17+,18+,19+/m0/s1. The second kappa shape index (κ2) is 3.92. The number of piperidine rings is 1. The molecule has 1 saturated carbocycles. The fourth-order valence-corrected chi connectivity index (χ4v) is 6.12. The van der Waals surface area contributed by atoms with Crippen LogP contribution in [0.15, 0.2) is 35.9 Å².